The predicted octanol–water partition coefficient (Wildman–Crippen LogP) is 6.32. The molecule has 0 bridgehead atoms. The largest absolute Gasteiger partial charge is 0.497 e. The highest BCUT2D eigenvalue weighted by Gasteiger charge is 2.30. The minimum atomic E-state index is -0.0974. The van der Waals surface area contributed by atoms with Crippen LogP contribution in [0.1, 0.15) is 52.4 Å². The van der Waals surface area contributed by atoms with Gasteiger partial charge in [-0.3, -0.25) is 4.79 Å². The number of allylic oxidation sites excluding steroid dienone is 1. The normalized spacial score (nSPS) is 14.0. The molecule has 0 atom stereocenters. The molecule has 3 aromatic carbocycles. The van der Waals surface area contributed by atoms with Crippen molar-refractivity contribution in [3.05, 3.63) is 94.2 Å². The van der Waals surface area contributed by atoms with E-state index in [4.69, 9.17) is 14.2 Å². The molecule has 4 nitrogen and oxygen atoms in total. The van der Waals surface area contributed by atoms with Gasteiger partial charge in [-0.1, -0.05) is 50.2 Å². The Balaban J connectivity index is 1.53. The Labute approximate surface area is 183 Å². The summed E-state index contributed by atoms with van der Waals surface area (Å²) in [6.07, 6.45) is 1.79. The van der Waals surface area contributed by atoms with Gasteiger partial charge in [0, 0.05) is 6.07 Å². The fourth-order valence-electron chi connectivity index (χ4n) is 3.62. The Bertz CT molecular complexity index is 1140. The van der Waals surface area contributed by atoms with Crippen LogP contribution in [-0.2, 0) is 6.61 Å². The number of benzene rings is 3. The molecule has 4 rings (SSSR count). The Kier molecular flexibility index (Phi) is 5.81. The van der Waals surface area contributed by atoms with Crippen LogP contribution < -0.4 is 14.2 Å². The Morgan fingerprint density at radius 2 is 1.77 bits per heavy atom. The Morgan fingerprint density at radius 1 is 1.00 bits per heavy atom. The minimum Gasteiger partial charge on any atom is -0.497 e. The second kappa shape index (κ2) is 8.68. The Morgan fingerprint density at radius 3 is 2.48 bits per heavy atom. The molecule has 0 N–H and O–H groups in total. The van der Waals surface area contributed by atoms with Gasteiger partial charge in [-0.05, 0) is 59.4 Å². The first-order valence-corrected chi connectivity index (χ1v) is 10.4. The van der Waals surface area contributed by atoms with Crippen LogP contribution in [0.15, 0.2) is 66.4 Å². The third-order valence-corrected chi connectivity index (χ3v) is 5.38. The lowest BCUT2D eigenvalue weighted by Gasteiger charge is -2.10. The van der Waals surface area contributed by atoms with E-state index in [1.807, 2.05) is 49.4 Å². The summed E-state index contributed by atoms with van der Waals surface area (Å²) in [4.78, 5) is 12.9. The first kappa shape index (κ1) is 20.7. The summed E-state index contributed by atoms with van der Waals surface area (Å²) >= 11 is 0. The summed E-state index contributed by atoms with van der Waals surface area (Å²) < 4.78 is 17.1. The van der Waals surface area contributed by atoms with Crippen LogP contribution in [0.2, 0.25) is 0 Å². The number of ether oxygens (including phenoxy) is 3. The molecule has 0 amide bonds. The third kappa shape index (κ3) is 4.48. The maximum atomic E-state index is 12.9. The number of carbonyl (C=O) groups excluding carboxylic acids is 1. The van der Waals surface area contributed by atoms with Gasteiger partial charge in [0.15, 0.2) is 5.76 Å². The van der Waals surface area contributed by atoms with Crippen molar-refractivity contribution < 1.29 is 19.0 Å². The lowest BCUT2D eigenvalue weighted by molar-refractivity contribution is 0.101. The summed E-state index contributed by atoms with van der Waals surface area (Å²) in [7, 11) is 1.64. The van der Waals surface area contributed by atoms with Gasteiger partial charge in [0.05, 0.1) is 12.7 Å². The van der Waals surface area contributed by atoms with E-state index in [1.54, 1.807) is 19.3 Å². The quantitative estimate of drug-likeness (QED) is 0.443. The average molecular weight is 415 g/mol. The highest BCUT2D eigenvalue weighted by molar-refractivity contribution is 6.15. The predicted molar refractivity (Wildman–Crippen MR) is 122 cm³/mol. The summed E-state index contributed by atoms with van der Waals surface area (Å²) in [6, 6.07) is 19.6. The number of carbonyl (C=O) groups is 1. The lowest BCUT2D eigenvalue weighted by Crippen LogP contribution is -2.00. The number of aryl methyl sites for hydroxylation is 1. The number of Topliss-reactive ketones (excluding diaryl/α,β-unsaturated/α-hetero) is 1. The highest BCUT2D eigenvalue weighted by Crippen LogP contribution is 2.37. The van der Waals surface area contributed by atoms with Gasteiger partial charge in [0.1, 0.15) is 23.9 Å². The van der Waals surface area contributed by atoms with E-state index in [-0.39, 0.29) is 5.78 Å². The van der Waals surface area contributed by atoms with Crippen molar-refractivity contribution >= 4 is 11.9 Å². The molecule has 1 aliphatic rings. The molecule has 31 heavy (non-hydrogen) atoms. The number of methoxy groups -OCH3 is 1. The molecule has 0 aromatic heterocycles. The van der Waals surface area contributed by atoms with Crippen molar-refractivity contribution in [2.45, 2.75) is 33.3 Å². The molecule has 0 spiro atoms. The van der Waals surface area contributed by atoms with Crippen LogP contribution >= 0.6 is 0 Å². The molecule has 0 unspecified atom stereocenters. The van der Waals surface area contributed by atoms with E-state index in [9.17, 15) is 4.79 Å². The van der Waals surface area contributed by atoms with Gasteiger partial charge < -0.3 is 14.2 Å². The zero-order chi connectivity index (χ0) is 22.0. The first-order valence-electron chi connectivity index (χ1n) is 10.4. The van der Waals surface area contributed by atoms with Crippen molar-refractivity contribution in [3.63, 3.8) is 0 Å². The molecule has 0 saturated heterocycles. The van der Waals surface area contributed by atoms with E-state index < -0.39 is 0 Å². The smallest absolute Gasteiger partial charge is 0.232 e. The maximum Gasteiger partial charge on any atom is 0.232 e. The second-order valence-electron chi connectivity index (χ2n) is 8.01. The summed E-state index contributed by atoms with van der Waals surface area (Å²) in [5.74, 6) is 2.69. The zero-order valence-electron chi connectivity index (χ0n) is 18.3. The minimum absolute atomic E-state index is 0.0974. The number of rotatable bonds is 6. The van der Waals surface area contributed by atoms with Crippen LogP contribution in [0, 0.1) is 6.92 Å². The van der Waals surface area contributed by atoms with E-state index in [2.05, 4.69) is 26.0 Å². The molecule has 0 aliphatic carbocycles. The highest BCUT2D eigenvalue weighted by atomic mass is 16.5. The van der Waals surface area contributed by atoms with E-state index >= 15 is 0 Å². The molecule has 1 aliphatic heterocycles. The fraction of sp³-hybridized carbons (Fsp3) is 0.222. The van der Waals surface area contributed by atoms with E-state index in [0.29, 0.717) is 35.3 Å². The van der Waals surface area contributed by atoms with E-state index in [1.165, 1.54) is 5.56 Å². The maximum absolute atomic E-state index is 12.9. The SMILES string of the molecule is COc1cccc(COc2cc(C)c3c(c2)O/C(=C\c2ccc(C(C)C)cc2)C3=O)c1. The molecule has 1 heterocycles. The monoisotopic (exact) mass is 414 g/mol. The summed E-state index contributed by atoms with van der Waals surface area (Å²) in [5, 5.41) is 0. The van der Waals surface area contributed by atoms with Crippen LogP contribution in [0.3, 0.4) is 0 Å². The van der Waals surface area contributed by atoms with Crippen molar-refractivity contribution in [2.24, 2.45) is 0 Å². The Hall–Kier alpha value is -3.53. The second-order valence-corrected chi connectivity index (χ2v) is 8.01. The molecule has 158 valence electrons. The standard InChI is InChI=1S/C27H26O4/c1-17(2)21-10-8-19(9-11-21)14-25-27(28)26-18(3)12-23(15-24(26)31-25)30-16-20-6-5-7-22(13-20)29-4/h5-15,17H,16H2,1-4H3/b25-14-. The molecule has 4 heteroatoms. The average Bonchev–Trinajstić information content (AvgIpc) is 3.08. The van der Waals surface area contributed by atoms with Crippen LogP contribution in [0.4, 0.5) is 0 Å². The van der Waals surface area contributed by atoms with Crippen molar-refractivity contribution in [1.82, 2.24) is 0 Å². The van der Waals surface area contributed by atoms with Gasteiger partial charge in [0.2, 0.25) is 5.78 Å². The van der Waals surface area contributed by atoms with Crippen molar-refractivity contribution in [2.75, 3.05) is 7.11 Å². The first-order chi connectivity index (χ1) is 14.9. The number of fused-ring (bicyclic) bond motifs is 1. The van der Waals surface area contributed by atoms with Gasteiger partial charge in [-0.2, -0.15) is 0 Å². The lowest BCUT2D eigenvalue weighted by atomic mass is 10.0. The van der Waals surface area contributed by atoms with Crippen LogP contribution in [0.25, 0.3) is 6.08 Å². The van der Waals surface area contributed by atoms with Crippen molar-refractivity contribution in [1.29, 1.82) is 0 Å². The van der Waals surface area contributed by atoms with Crippen LogP contribution in [-0.4, -0.2) is 12.9 Å². The molecule has 0 saturated carbocycles. The number of hydrogen-bond acceptors (Lipinski definition) is 4. The molecular formula is C27H26O4. The zero-order valence-corrected chi connectivity index (χ0v) is 18.3. The number of ketones is 1. The van der Waals surface area contributed by atoms with Gasteiger partial charge >= 0.3 is 0 Å². The van der Waals surface area contributed by atoms with Gasteiger partial charge in [0.25, 0.3) is 0 Å². The van der Waals surface area contributed by atoms with Gasteiger partial charge in [-0.25, -0.2) is 0 Å². The molecule has 0 radical (unpaired) electrons. The third-order valence-electron chi connectivity index (χ3n) is 5.38. The fourth-order valence-corrected chi connectivity index (χ4v) is 3.62. The molecule has 0 fully saturated rings. The molecular weight excluding hydrogens is 388 g/mol. The van der Waals surface area contributed by atoms with E-state index in [0.717, 1.165) is 22.4 Å². The van der Waals surface area contributed by atoms with Gasteiger partial charge in [-0.15, -0.1) is 0 Å². The molecule has 3 aromatic rings. The van der Waals surface area contributed by atoms with Crippen LogP contribution in [0.5, 0.6) is 17.2 Å². The summed E-state index contributed by atoms with van der Waals surface area (Å²) in [5.41, 5.74) is 4.63. The number of hydrogen-bond donors (Lipinski definition) is 0. The topological polar surface area (TPSA) is 44.8 Å². The summed E-state index contributed by atoms with van der Waals surface area (Å²) in [6.45, 7) is 6.61. The van der Waals surface area contributed by atoms with Crippen molar-refractivity contribution in [3.8, 4) is 17.2 Å².